The summed E-state index contributed by atoms with van der Waals surface area (Å²) in [6.45, 7) is 1.66. The normalized spacial score (nSPS) is 10.4. The van der Waals surface area contributed by atoms with Gasteiger partial charge in [-0.05, 0) is 43.2 Å². The van der Waals surface area contributed by atoms with Crippen molar-refractivity contribution in [3.05, 3.63) is 64.4 Å². The summed E-state index contributed by atoms with van der Waals surface area (Å²) in [7, 11) is 0. The molecule has 0 unspecified atom stereocenters. The number of hydrogen-bond donors (Lipinski definition) is 0. The van der Waals surface area contributed by atoms with Crippen molar-refractivity contribution >= 4 is 17.4 Å². The Balaban J connectivity index is 1.96. The second-order valence-corrected chi connectivity index (χ2v) is 5.24. The standard InChI is InChI=1S/C17H16ClFO2/c1-12(20)5-6-13-7-9-14(10-8-13)21-11-15-16(18)3-2-4-17(15)19/h2-4,7-10H,5-6,11H2,1H3. The molecule has 0 heterocycles. The Labute approximate surface area is 128 Å². The van der Waals surface area contributed by atoms with E-state index in [1.54, 1.807) is 19.1 Å². The van der Waals surface area contributed by atoms with Crippen molar-refractivity contribution in [2.75, 3.05) is 0 Å². The number of benzene rings is 2. The number of hydrogen-bond acceptors (Lipinski definition) is 2. The number of rotatable bonds is 6. The van der Waals surface area contributed by atoms with Gasteiger partial charge < -0.3 is 9.53 Å². The molecule has 0 saturated carbocycles. The van der Waals surface area contributed by atoms with Crippen LogP contribution in [0.2, 0.25) is 5.02 Å². The van der Waals surface area contributed by atoms with E-state index in [2.05, 4.69) is 0 Å². The first-order chi connectivity index (χ1) is 10.1. The molecule has 0 spiro atoms. The van der Waals surface area contributed by atoms with Crippen molar-refractivity contribution in [3.63, 3.8) is 0 Å². The molecule has 0 atom stereocenters. The highest BCUT2D eigenvalue weighted by Gasteiger charge is 2.07. The number of halogens is 2. The van der Waals surface area contributed by atoms with Gasteiger partial charge in [0.1, 0.15) is 24.0 Å². The largest absolute Gasteiger partial charge is 0.489 e. The summed E-state index contributed by atoms with van der Waals surface area (Å²) in [5.74, 6) is 0.436. The molecule has 0 aliphatic heterocycles. The molecular formula is C17H16ClFO2. The molecule has 0 fully saturated rings. The van der Waals surface area contributed by atoms with E-state index in [1.165, 1.54) is 6.07 Å². The predicted molar refractivity (Wildman–Crippen MR) is 81.2 cm³/mol. The third kappa shape index (κ3) is 4.57. The van der Waals surface area contributed by atoms with Crippen LogP contribution in [0.1, 0.15) is 24.5 Å². The molecule has 0 bridgehead atoms. The number of carbonyl (C=O) groups excluding carboxylic acids is 1. The zero-order valence-corrected chi connectivity index (χ0v) is 12.5. The summed E-state index contributed by atoms with van der Waals surface area (Å²) in [5, 5.41) is 0.355. The minimum absolute atomic E-state index is 0.0816. The maximum absolute atomic E-state index is 13.6. The fourth-order valence-corrected chi connectivity index (χ4v) is 2.12. The zero-order valence-electron chi connectivity index (χ0n) is 11.7. The number of ketones is 1. The Morgan fingerprint density at radius 2 is 1.90 bits per heavy atom. The monoisotopic (exact) mass is 306 g/mol. The van der Waals surface area contributed by atoms with Gasteiger partial charge in [0.2, 0.25) is 0 Å². The molecule has 110 valence electrons. The minimum atomic E-state index is -0.374. The van der Waals surface area contributed by atoms with Crippen LogP contribution in [-0.4, -0.2) is 5.78 Å². The minimum Gasteiger partial charge on any atom is -0.489 e. The van der Waals surface area contributed by atoms with Gasteiger partial charge in [0.25, 0.3) is 0 Å². The molecule has 0 saturated heterocycles. The van der Waals surface area contributed by atoms with Crippen LogP contribution in [0.15, 0.2) is 42.5 Å². The molecule has 0 radical (unpaired) electrons. The van der Waals surface area contributed by atoms with Crippen molar-refractivity contribution in [2.45, 2.75) is 26.4 Å². The van der Waals surface area contributed by atoms with Gasteiger partial charge in [0.15, 0.2) is 0 Å². The van der Waals surface area contributed by atoms with E-state index in [0.29, 0.717) is 22.8 Å². The van der Waals surface area contributed by atoms with Crippen molar-refractivity contribution in [1.29, 1.82) is 0 Å². The lowest BCUT2D eigenvalue weighted by Crippen LogP contribution is -2.00. The average Bonchev–Trinajstić information content (AvgIpc) is 2.46. The zero-order chi connectivity index (χ0) is 15.2. The number of aryl methyl sites for hydroxylation is 1. The van der Waals surface area contributed by atoms with Gasteiger partial charge in [0.05, 0.1) is 5.02 Å². The lowest BCUT2D eigenvalue weighted by Gasteiger charge is -2.09. The second-order valence-electron chi connectivity index (χ2n) is 4.83. The molecule has 2 aromatic carbocycles. The van der Waals surface area contributed by atoms with Crippen LogP contribution in [0.25, 0.3) is 0 Å². The van der Waals surface area contributed by atoms with E-state index in [9.17, 15) is 9.18 Å². The fourth-order valence-electron chi connectivity index (χ4n) is 1.90. The van der Waals surface area contributed by atoms with E-state index < -0.39 is 0 Å². The molecule has 2 rings (SSSR count). The van der Waals surface area contributed by atoms with Crippen LogP contribution in [-0.2, 0) is 17.8 Å². The highest BCUT2D eigenvalue weighted by Crippen LogP contribution is 2.21. The van der Waals surface area contributed by atoms with Gasteiger partial charge in [-0.3, -0.25) is 0 Å². The van der Waals surface area contributed by atoms with Crippen molar-refractivity contribution in [1.82, 2.24) is 0 Å². The third-order valence-electron chi connectivity index (χ3n) is 3.13. The summed E-state index contributed by atoms with van der Waals surface area (Å²) in [5.41, 5.74) is 1.42. The van der Waals surface area contributed by atoms with Crippen molar-refractivity contribution < 1.29 is 13.9 Å². The quantitative estimate of drug-likeness (QED) is 0.781. The summed E-state index contributed by atoms with van der Waals surface area (Å²) in [4.78, 5) is 10.9. The Morgan fingerprint density at radius 3 is 2.52 bits per heavy atom. The van der Waals surface area contributed by atoms with E-state index in [0.717, 1.165) is 12.0 Å². The van der Waals surface area contributed by atoms with E-state index >= 15 is 0 Å². The molecular weight excluding hydrogens is 291 g/mol. The first-order valence-electron chi connectivity index (χ1n) is 6.70. The fraction of sp³-hybridized carbons (Fsp3) is 0.235. The molecule has 4 heteroatoms. The van der Waals surface area contributed by atoms with Crippen molar-refractivity contribution in [3.8, 4) is 5.75 Å². The molecule has 0 aliphatic rings. The van der Waals surface area contributed by atoms with Crippen LogP contribution in [0, 0.1) is 5.82 Å². The summed E-state index contributed by atoms with van der Waals surface area (Å²) in [6.07, 6.45) is 1.25. The molecule has 0 aromatic heterocycles. The first-order valence-corrected chi connectivity index (χ1v) is 7.08. The molecule has 0 N–H and O–H groups in total. The van der Waals surface area contributed by atoms with Crippen LogP contribution in [0.3, 0.4) is 0 Å². The highest BCUT2D eigenvalue weighted by atomic mass is 35.5. The lowest BCUT2D eigenvalue weighted by atomic mass is 10.1. The van der Waals surface area contributed by atoms with E-state index in [4.69, 9.17) is 16.3 Å². The molecule has 0 aliphatic carbocycles. The maximum Gasteiger partial charge on any atom is 0.131 e. The number of ether oxygens (including phenoxy) is 1. The molecule has 0 amide bonds. The molecule has 2 nitrogen and oxygen atoms in total. The number of carbonyl (C=O) groups is 1. The van der Waals surface area contributed by atoms with Crippen LogP contribution < -0.4 is 4.74 Å². The Kier molecular flexibility index (Phi) is 5.34. The second kappa shape index (κ2) is 7.23. The van der Waals surface area contributed by atoms with Crippen LogP contribution in [0.5, 0.6) is 5.75 Å². The van der Waals surface area contributed by atoms with Gasteiger partial charge in [-0.2, -0.15) is 0 Å². The molecule has 2 aromatic rings. The van der Waals surface area contributed by atoms with Gasteiger partial charge in [0, 0.05) is 12.0 Å². The predicted octanol–water partition coefficient (Wildman–Crippen LogP) is 4.58. The lowest BCUT2D eigenvalue weighted by molar-refractivity contribution is -0.116. The maximum atomic E-state index is 13.6. The Morgan fingerprint density at radius 1 is 1.19 bits per heavy atom. The first kappa shape index (κ1) is 15.5. The highest BCUT2D eigenvalue weighted by molar-refractivity contribution is 6.31. The smallest absolute Gasteiger partial charge is 0.131 e. The summed E-state index contributed by atoms with van der Waals surface area (Å²) < 4.78 is 19.1. The van der Waals surface area contributed by atoms with Gasteiger partial charge in [-0.1, -0.05) is 29.8 Å². The SMILES string of the molecule is CC(=O)CCc1ccc(OCc2c(F)cccc2Cl)cc1. The van der Waals surface area contributed by atoms with Crippen LogP contribution >= 0.6 is 11.6 Å². The topological polar surface area (TPSA) is 26.3 Å². The van der Waals surface area contributed by atoms with Crippen molar-refractivity contribution in [2.24, 2.45) is 0 Å². The van der Waals surface area contributed by atoms with Gasteiger partial charge in [-0.25, -0.2) is 4.39 Å². The Bertz CT molecular complexity index is 603. The van der Waals surface area contributed by atoms with Gasteiger partial charge >= 0.3 is 0 Å². The molecule has 21 heavy (non-hydrogen) atoms. The Hall–Kier alpha value is -1.87. The third-order valence-corrected chi connectivity index (χ3v) is 3.49. The number of Topliss-reactive ketones (excluding diaryl/α,β-unsaturated/α-hetero) is 1. The summed E-state index contributed by atoms with van der Waals surface area (Å²) >= 11 is 5.94. The van der Waals surface area contributed by atoms with E-state index in [1.807, 2.05) is 24.3 Å². The summed E-state index contributed by atoms with van der Waals surface area (Å²) in [6, 6.07) is 12.0. The van der Waals surface area contributed by atoms with Gasteiger partial charge in [-0.15, -0.1) is 0 Å². The van der Waals surface area contributed by atoms with E-state index in [-0.39, 0.29) is 18.2 Å². The van der Waals surface area contributed by atoms with Crippen LogP contribution in [0.4, 0.5) is 4.39 Å². The average molecular weight is 307 g/mol.